The zero-order chi connectivity index (χ0) is 17.9. The number of benzene rings is 1. The molecule has 1 aromatic heterocycles. The Bertz CT molecular complexity index is 720. The topological polar surface area (TPSA) is 68.0 Å². The van der Waals surface area contributed by atoms with Crippen molar-refractivity contribution < 1.29 is 4.79 Å². The Morgan fingerprint density at radius 1 is 1.19 bits per heavy atom. The summed E-state index contributed by atoms with van der Waals surface area (Å²) in [4.78, 5) is 16.8. The number of rotatable bonds is 4. The normalized spacial score (nSPS) is 22.7. The first-order valence-electron chi connectivity index (χ1n) is 9.07. The van der Waals surface area contributed by atoms with E-state index in [4.69, 9.17) is 5.73 Å². The van der Waals surface area contributed by atoms with E-state index < -0.39 is 5.54 Å². The fraction of sp³-hybridized carbons (Fsp3) is 0.429. The van der Waals surface area contributed by atoms with Gasteiger partial charge in [0, 0.05) is 17.9 Å². The fourth-order valence-corrected chi connectivity index (χ4v) is 3.68. The summed E-state index contributed by atoms with van der Waals surface area (Å²) >= 11 is 0. The van der Waals surface area contributed by atoms with Gasteiger partial charge < -0.3 is 11.1 Å². The highest BCUT2D eigenvalue weighted by Crippen LogP contribution is 2.32. The molecule has 6 heteroatoms. The van der Waals surface area contributed by atoms with Gasteiger partial charge in [-0.2, -0.15) is 0 Å². The Hall–Kier alpha value is -1.62. The van der Waals surface area contributed by atoms with Crippen molar-refractivity contribution >= 4 is 30.7 Å². The fourth-order valence-electron chi connectivity index (χ4n) is 3.68. The quantitative estimate of drug-likeness (QED) is 0.769. The van der Waals surface area contributed by atoms with Crippen molar-refractivity contribution in [3.8, 4) is 11.1 Å². The molecular formula is C21H29Cl2N3O. The third-order valence-corrected chi connectivity index (χ3v) is 5.34. The van der Waals surface area contributed by atoms with Gasteiger partial charge in [-0.25, -0.2) is 0 Å². The van der Waals surface area contributed by atoms with Crippen LogP contribution >= 0.6 is 24.8 Å². The second-order valence-corrected chi connectivity index (χ2v) is 7.40. The van der Waals surface area contributed by atoms with Gasteiger partial charge in [0.05, 0.1) is 12.0 Å². The first kappa shape index (κ1) is 23.4. The smallest absolute Gasteiger partial charge is 0.225 e. The summed E-state index contributed by atoms with van der Waals surface area (Å²) in [5.41, 5.74) is 9.26. The van der Waals surface area contributed by atoms with E-state index in [0.29, 0.717) is 0 Å². The molecule has 2 aromatic rings. The van der Waals surface area contributed by atoms with Crippen LogP contribution in [0.1, 0.15) is 51.1 Å². The molecule has 1 saturated carbocycles. The van der Waals surface area contributed by atoms with Gasteiger partial charge in [-0.1, -0.05) is 43.2 Å². The summed E-state index contributed by atoms with van der Waals surface area (Å²) in [7, 11) is 0. The maximum absolute atomic E-state index is 12.7. The summed E-state index contributed by atoms with van der Waals surface area (Å²) in [6, 6.07) is 12.2. The Kier molecular flexibility index (Phi) is 8.73. The number of aromatic nitrogens is 1. The maximum atomic E-state index is 12.7. The Labute approximate surface area is 174 Å². The van der Waals surface area contributed by atoms with Gasteiger partial charge in [0.2, 0.25) is 5.91 Å². The number of nitrogens with one attached hydrogen (secondary N) is 1. The van der Waals surface area contributed by atoms with Crippen molar-refractivity contribution in [1.29, 1.82) is 0 Å². The number of hydrogen-bond donors (Lipinski definition) is 2. The van der Waals surface area contributed by atoms with Crippen LogP contribution in [-0.4, -0.2) is 16.4 Å². The molecule has 1 amide bonds. The number of carbonyl (C=O) groups is 1. The maximum Gasteiger partial charge on any atom is 0.225 e. The van der Waals surface area contributed by atoms with E-state index in [-0.39, 0.29) is 42.7 Å². The van der Waals surface area contributed by atoms with Crippen LogP contribution in [0.3, 0.4) is 0 Å². The third-order valence-electron chi connectivity index (χ3n) is 5.34. The van der Waals surface area contributed by atoms with Gasteiger partial charge in [0.25, 0.3) is 0 Å². The minimum atomic E-state index is -0.397. The second-order valence-electron chi connectivity index (χ2n) is 7.40. The summed E-state index contributed by atoms with van der Waals surface area (Å²) in [5.74, 6) is -0.0214. The molecule has 3 rings (SSSR count). The molecule has 4 nitrogen and oxygen atoms in total. The first-order chi connectivity index (χ1) is 12.0. The second kappa shape index (κ2) is 10.1. The van der Waals surface area contributed by atoms with Crippen LogP contribution in [0.15, 0.2) is 48.8 Å². The van der Waals surface area contributed by atoms with Crippen molar-refractivity contribution in [1.82, 2.24) is 10.3 Å². The number of halogens is 2. The van der Waals surface area contributed by atoms with Crippen molar-refractivity contribution in [3.63, 3.8) is 0 Å². The number of carbonyl (C=O) groups excluding carboxylic acids is 1. The number of nitrogens with zero attached hydrogens (tertiary/aromatic N) is 1. The van der Waals surface area contributed by atoms with Crippen molar-refractivity contribution in [3.05, 3.63) is 54.4 Å². The Morgan fingerprint density at radius 3 is 2.48 bits per heavy atom. The Balaban J connectivity index is 0.00000182. The number of pyridine rings is 1. The lowest BCUT2D eigenvalue weighted by Crippen LogP contribution is -2.53. The van der Waals surface area contributed by atoms with Gasteiger partial charge >= 0.3 is 0 Å². The molecule has 3 N–H and O–H groups in total. The van der Waals surface area contributed by atoms with Crippen LogP contribution in [0.25, 0.3) is 11.1 Å². The standard InChI is InChI=1S/C21H27N3O.2ClH/c1-15(24-20(25)19-7-3-4-12-21(19,2)22)16-8-10-17(11-9-16)18-6-5-13-23-14-18;;/h5-6,8-11,13-15,19H,3-4,7,12,22H2,1-2H3,(H,24,25);2*1H. The zero-order valence-electron chi connectivity index (χ0n) is 15.9. The predicted molar refractivity (Wildman–Crippen MR) is 115 cm³/mol. The average molecular weight is 410 g/mol. The molecule has 1 aliphatic rings. The van der Waals surface area contributed by atoms with Crippen LogP contribution in [0.4, 0.5) is 0 Å². The molecule has 1 aliphatic carbocycles. The predicted octanol–water partition coefficient (Wildman–Crippen LogP) is 4.68. The molecule has 3 atom stereocenters. The van der Waals surface area contributed by atoms with E-state index in [2.05, 4.69) is 34.6 Å². The van der Waals surface area contributed by atoms with E-state index in [1.165, 1.54) is 0 Å². The van der Waals surface area contributed by atoms with Gasteiger partial charge in [0.1, 0.15) is 0 Å². The van der Waals surface area contributed by atoms with Crippen LogP contribution in [-0.2, 0) is 4.79 Å². The average Bonchev–Trinajstić information content (AvgIpc) is 2.62. The molecule has 148 valence electrons. The van der Waals surface area contributed by atoms with Crippen molar-refractivity contribution in [2.24, 2.45) is 11.7 Å². The van der Waals surface area contributed by atoms with Gasteiger partial charge in [0.15, 0.2) is 0 Å². The molecule has 1 fully saturated rings. The molecular weight excluding hydrogens is 381 g/mol. The highest BCUT2D eigenvalue weighted by atomic mass is 35.5. The lowest BCUT2D eigenvalue weighted by atomic mass is 9.74. The first-order valence-corrected chi connectivity index (χ1v) is 9.07. The third kappa shape index (κ3) is 5.68. The minimum Gasteiger partial charge on any atom is -0.349 e. The number of nitrogens with two attached hydrogens (primary N) is 1. The highest BCUT2D eigenvalue weighted by Gasteiger charge is 2.38. The molecule has 27 heavy (non-hydrogen) atoms. The minimum absolute atomic E-state index is 0. The van der Waals surface area contributed by atoms with E-state index >= 15 is 0 Å². The lowest BCUT2D eigenvalue weighted by Gasteiger charge is -2.37. The lowest BCUT2D eigenvalue weighted by molar-refractivity contribution is -0.128. The molecule has 0 saturated heterocycles. The molecule has 0 bridgehead atoms. The summed E-state index contributed by atoms with van der Waals surface area (Å²) in [5, 5.41) is 3.15. The van der Waals surface area contributed by atoms with Gasteiger partial charge in [-0.05, 0) is 49.4 Å². The van der Waals surface area contributed by atoms with E-state index in [0.717, 1.165) is 42.4 Å². The Morgan fingerprint density at radius 2 is 1.89 bits per heavy atom. The largest absolute Gasteiger partial charge is 0.349 e. The van der Waals surface area contributed by atoms with Crippen molar-refractivity contribution in [2.75, 3.05) is 0 Å². The monoisotopic (exact) mass is 409 g/mol. The highest BCUT2D eigenvalue weighted by molar-refractivity contribution is 5.85. The summed E-state index contributed by atoms with van der Waals surface area (Å²) in [6.45, 7) is 4.03. The van der Waals surface area contributed by atoms with Gasteiger partial charge in [-0.3, -0.25) is 9.78 Å². The molecule has 0 radical (unpaired) electrons. The molecule has 1 aromatic carbocycles. The SMILES string of the molecule is CC(NC(=O)C1CCCCC1(C)N)c1ccc(-c2cccnc2)cc1.Cl.Cl. The van der Waals surface area contributed by atoms with E-state index in [9.17, 15) is 4.79 Å². The van der Waals surface area contributed by atoms with Crippen LogP contribution in [0.2, 0.25) is 0 Å². The van der Waals surface area contributed by atoms with E-state index in [1.54, 1.807) is 6.20 Å². The van der Waals surface area contributed by atoms with Crippen molar-refractivity contribution in [2.45, 2.75) is 51.1 Å². The molecule has 1 heterocycles. The van der Waals surface area contributed by atoms with Crippen LogP contribution in [0, 0.1) is 5.92 Å². The molecule has 3 unspecified atom stereocenters. The number of hydrogen-bond acceptors (Lipinski definition) is 3. The molecule has 0 aliphatic heterocycles. The summed E-state index contributed by atoms with van der Waals surface area (Å²) in [6.07, 6.45) is 7.61. The number of amides is 1. The van der Waals surface area contributed by atoms with E-state index in [1.807, 2.05) is 32.2 Å². The van der Waals surface area contributed by atoms with Crippen LogP contribution in [0.5, 0.6) is 0 Å². The van der Waals surface area contributed by atoms with Gasteiger partial charge in [-0.15, -0.1) is 24.8 Å². The summed E-state index contributed by atoms with van der Waals surface area (Å²) < 4.78 is 0. The zero-order valence-corrected chi connectivity index (χ0v) is 17.5. The molecule has 0 spiro atoms. The van der Waals surface area contributed by atoms with Crippen LogP contribution < -0.4 is 11.1 Å².